The first-order valence-corrected chi connectivity index (χ1v) is 3.88. The lowest BCUT2D eigenvalue weighted by atomic mass is 10.1. The van der Waals surface area contributed by atoms with Crippen molar-refractivity contribution in [3.8, 4) is 0 Å². The van der Waals surface area contributed by atoms with Gasteiger partial charge in [-0.3, -0.25) is 4.79 Å². The molecule has 2 unspecified atom stereocenters. The summed E-state index contributed by atoms with van der Waals surface area (Å²) >= 11 is 0. The van der Waals surface area contributed by atoms with Gasteiger partial charge < -0.3 is 21.3 Å². The number of amides is 1. The molecule has 0 aliphatic heterocycles. The summed E-state index contributed by atoms with van der Waals surface area (Å²) in [6, 6.07) is 0. The van der Waals surface area contributed by atoms with Gasteiger partial charge in [0.2, 0.25) is 5.91 Å². The standard InChI is InChI=1S/C7H16N2O3/c1-5(2-8)7(12)9-3-6(11)4-10/h5-6,10-11H,2-4,8H2,1H3,(H,9,12). The molecule has 2 atom stereocenters. The van der Waals surface area contributed by atoms with Crippen LogP contribution in [-0.4, -0.2) is 41.9 Å². The van der Waals surface area contributed by atoms with E-state index in [0.717, 1.165) is 0 Å². The molecule has 0 radical (unpaired) electrons. The van der Waals surface area contributed by atoms with Crippen molar-refractivity contribution in [3.63, 3.8) is 0 Å². The van der Waals surface area contributed by atoms with Gasteiger partial charge in [0.15, 0.2) is 0 Å². The van der Waals surface area contributed by atoms with Crippen molar-refractivity contribution in [1.29, 1.82) is 0 Å². The zero-order chi connectivity index (χ0) is 9.56. The summed E-state index contributed by atoms with van der Waals surface area (Å²) in [4.78, 5) is 11.0. The molecule has 0 aromatic heterocycles. The fourth-order valence-corrected chi connectivity index (χ4v) is 0.564. The van der Waals surface area contributed by atoms with E-state index in [4.69, 9.17) is 15.9 Å². The Hall–Kier alpha value is -0.650. The molecule has 5 heteroatoms. The highest BCUT2D eigenvalue weighted by molar-refractivity contribution is 5.78. The molecule has 0 aliphatic carbocycles. The number of aliphatic hydroxyl groups is 2. The Morgan fingerprint density at radius 1 is 1.67 bits per heavy atom. The molecule has 0 spiro atoms. The summed E-state index contributed by atoms with van der Waals surface area (Å²) in [5.41, 5.74) is 5.24. The molecule has 0 saturated heterocycles. The Kier molecular flexibility index (Phi) is 5.61. The summed E-state index contributed by atoms with van der Waals surface area (Å²) < 4.78 is 0. The molecule has 12 heavy (non-hydrogen) atoms. The van der Waals surface area contributed by atoms with Crippen molar-refractivity contribution in [2.45, 2.75) is 13.0 Å². The van der Waals surface area contributed by atoms with Crippen molar-refractivity contribution in [3.05, 3.63) is 0 Å². The zero-order valence-corrected chi connectivity index (χ0v) is 7.16. The minimum Gasteiger partial charge on any atom is -0.394 e. The molecule has 0 rings (SSSR count). The Balaban J connectivity index is 3.56. The van der Waals surface area contributed by atoms with Gasteiger partial charge in [-0.05, 0) is 0 Å². The molecule has 5 N–H and O–H groups in total. The van der Waals surface area contributed by atoms with Crippen LogP contribution in [0, 0.1) is 5.92 Å². The highest BCUT2D eigenvalue weighted by atomic mass is 16.3. The summed E-state index contributed by atoms with van der Waals surface area (Å²) in [5.74, 6) is -0.458. The second-order valence-electron chi connectivity index (χ2n) is 2.72. The monoisotopic (exact) mass is 176 g/mol. The molecule has 5 nitrogen and oxygen atoms in total. The molecule has 0 saturated carbocycles. The summed E-state index contributed by atoms with van der Waals surface area (Å²) in [6.45, 7) is 1.69. The van der Waals surface area contributed by atoms with E-state index in [-0.39, 0.29) is 31.5 Å². The predicted molar refractivity (Wildman–Crippen MR) is 44.3 cm³/mol. The van der Waals surface area contributed by atoms with Gasteiger partial charge in [0, 0.05) is 19.0 Å². The lowest BCUT2D eigenvalue weighted by Crippen LogP contribution is -2.38. The van der Waals surface area contributed by atoms with E-state index >= 15 is 0 Å². The van der Waals surface area contributed by atoms with E-state index < -0.39 is 6.10 Å². The van der Waals surface area contributed by atoms with Gasteiger partial charge in [0.1, 0.15) is 0 Å². The highest BCUT2D eigenvalue weighted by Crippen LogP contribution is 1.90. The molecule has 72 valence electrons. The third kappa shape index (κ3) is 4.27. The van der Waals surface area contributed by atoms with Crippen molar-refractivity contribution < 1.29 is 15.0 Å². The van der Waals surface area contributed by atoms with Gasteiger partial charge in [0.25, 0.3) is 0 Å². The Morgan fingerprint density at radius 3 is 2.67 bits per heavy atom. The van der Waals surface area contributed by atoms with Gasteiger partial charge in [-0.2, -0.15) is 0 Å². The number of nitrogens with one attached hydrogen (secondary N) is 1. The van der Waals surface area contributed by atoms with Crippen molar-refractivity contribution in [1.82, 2.24) is 5.32 Å². The first kappa shape index (κ1) is 11.4. The van der Waals surface area contributed by atoms with Crippen LogP contribution in [0.4, 0.5) is 0 Å². The Morgan fingerprint density at radius 2 is 2.25 bits per heavy atom. The number of nitrogens with two attached hydrogens (primary N) is 1. The summed E-state index contributed by atoms with van der Waals surface area (Å²) in [7, 11) is 0. The number of hydrogen-bond acceptors (Lipinski definition) is 4. The number of carbonyl (C=O) groups excluding carboxylic acids is 1. The SMILES string of the molecule is CC(CN)C(=O)NCC(O)CO. The summed E-state index contributed by atoms with van der Waals surface area (Å²) in [5, 5.41) is 19.7. The van der Waals surface area contributed by atoms with Crippen LogP contribution in [0.5, 0.6) is 0 Å². The van der Waals surface area contributed by atoms with E-state index in [0.29, 0.717) is 0 Å². The second-order valence-corrected chi connectivity index (χ2v) is 2.72. The van der Waals surface area contributed by atoms with Crippen LogP contribution in [0.1, 0.15) is 6.92 Å². The number of carbonyl (C=O) groups is 1. The molecule has 0 fully saturated rings. The Labute approximate surface area is 71.6 Å². The lowest BCUT2D eigenvalue weighted by Gasteiger charge is -2.11. The molecule has 0 aliphatic rings. The van der Waals surface area contributed by atoms with E-state index in [2.05, 4.69) is 5.32 Å². The van der Waals surface area contributed by atoms with Gasteiger partial charge in [-0.15, -0.1) is 0 Å². The molecule has 0 aromatic rings. The van der Waals surface area contributed by atoms with Crippen molar-refractivity contribution >= 4 is 5.91 Å². The molecular weight excluding hydrogens is 160 g/mol. The topological polar surface area (TPSA) is 95.6 Å². The van der Waals surface area contributed by atoms with E-state index in [1.165, 1.54) is 0 Å². The maximum Gasteiger partial charge on any atom is 0.224 e. The average molecular weight is 176 g/mol. The maximum atomic E-state index is 11.0. The lowest BCUT2D eigenvalue weighted by molar-refractivity contribution is -0.124. The van der Waals surface area contributed by atoms with E-state index in [9.17, 15) is 4.79 Å². The van der Waals surface area contributed by atoms with Crippen LogP contribution in [0.2, 0.25) is 0 Å². The van der Waals surface area contributed by atoms with Crippen LogP contribution in [0.15, 0.2) is 0 Å². The maximum absolute atomic E-state index is 11.0. The van der Waals surface area contributed by atoms with Crippen molar-refractivity contribution in [2.24, 2.45) is 11.7 Å². The number of hydrogen-bond donors (Lipinski definition) is 4. The number of aliphatic hydroxyl groups excluding tert-OH is 2. The molecule has 0 bridgehead atoms. The first-order chi connectivity index (χ1) is 5.61. The number of rotatable bonds is 5. The van der Waals surface area contributed by atoms with Crippen LogP contribution in [0.25, 0.3) is 0 Å². The normalized spacial score (nSPS) is 15.3. The van der Waals surface area contributed by atoms with Crippen molar-refractivity contribution in [2.75, 3.05) is 19.7 Å². The zero-order valence-electron chi connectivity index (χ0n) is 7.16. The quantitative estimate of drug-likeness (QED) is 0.391. The highest BCUT2D eigenvalue weighted by Gasteiger charge is 2.11. The minimum atomic E-state index is -0.890. The van der Waals surface area contributed by atoms with E-state index in [1.54, 1.807) is 6.92 Å². The largest absolute Gasteiger partial charge is 0.394 e. The third-order valence-electron chi connectivity index (χ3n) is 1.52. The van der Waals surface area contributed by atoms with Crippen LogP contribution < -0.4 is 11.1 Å². The fourth-order valence-electron chi connectivity index (χ4n) is 0.564. The predicted octanol–water partition coefficient (Wildman–Crippen LogP) is -1.95. The molecule has 0 aromatic carbocycles. The molecule has 0 heterocycles. The first-order valence-electron chi connectivity index (χ1n) is 3.88. The van der Waals surface area contributed by atoms with Crippen LogP contribution in [0.3, 0.4) is 0 Å². The van der Waals surface area contributed by atoms with Gasteiger partial charge in [-0.25, -0.2) is 0 Å². The average Bonchev–Trinajstić information content (AvgIpc) is 2.11. The summed E-state index contributed by atoms with van der Waals surface area (Å²) in [6.07, 6.45) is -0.890. The fraction of sp³-hybridized carbons (Fsp3) is 0.857. The van der Waals surface area contributed by atoms with Crippen LogP contribution >= 0.6 is 0 Å². The second kappa shape index (κ2) is 5.93. The van der Waals surface area contributed by atoms with Gasteiger partial charge >= 0.3 is 0 Å². The van der Waals surface area contributed by atoms with E-state index in [1.807, 2.05) is 0 Å². The smallest absolute Gasteiger partial charge is 0.224 e. The molecule has 1 amide bonds. The van der Waals surface area contributed by atoms with Crippen LogP contribution in [-0.2, 0) is 4.79 Å². The minimum absolute atomic E-state index is 0.0691. The Bertz CT molecular complexity index is 141. The molecular formula is C7H16N2O3. The van der Waals surface area contributed by atoms with Gasteiger partial charge in [-0.1, -0.05) is 6.92 Å². The van der Waals surface area contributed by atoms with Gasteiger partial charge in [0.05, 0.1) is 12.7 Å². The third-order valence-corrected chi connectivity index (χ3v) is 1.52.